The second kappa shape index (κ2) is 4.96. The standard InChI is InChI=1S/C10H7BrN4O3/c11-6-1-3-7(4-2-6)18-10-8(15(16)17)9(12)13-5-14-10/h1-5H,(H2,12,13,14). The summed E-state index contributed by atoms with van der Waals surface area (Å²) in [4.78, 5) is 17.4. The fraction of sp³-hybridized carbons (Fsp3) is 0. The molecule has 0 aliphatic rings. The SMILES string of the molecule is Nc1ncnc(Oc2ccc(Br)cc2)c1[N+](=O)[O-]. The molecule has 1 heterocycles. The summed E-state index contributed by atoms with van der Waals surface area (Å²) < 4.78 is 6.18. The van der Waals surface area contributed by atoms with Gasteiger partial charge in [-0.2, -0.15) is 4.98 Å². The molecule has 7 nitrogen and oxygen atoms in total. The number of hydrogen-bond acceptors (Lipinski definition) is 6. The van der Waals surface area contributed by atoms with E-state index in [0.717, 1.165) is 10.8 Å². The van der Waals surface area contributed by atoms with Gasteiger partial charge in [-0.1, -0.05) is 15.9 Å². The summed E-state index contributed by atoms with van der Waals surface area (Å²) in [5, 5.41) is 10.8. The Bertz CT molecular complexity index is 588. The summed E-state index contributed by atoms with van der Waals surface area (Å²) in [5.41, 5.74) is 4.98. The third-order valence-corrected chi connectivity index (χ3v) is 2.56. The topological polar surface area (TPSA) is 104 Å². The number of nitrogens with zero attached hydrogens (tertiary/aromatic N) is 3. The van der Waals surface area contributed by atoms with Gasteiger partial charge in [0.05, 0.1) is 4.92 Å². The average molecular weight is 311 g/mol. The highest BCUT2D eigenvalue weighted by atomic mass is 79.9. The number of rotatable bonds is 3. The first-order valence-electron chi connectivity index (χ1n) is 4.76. The van der Waals surface area contributed by atoms with Crippen LogP contribution in [-0.2, 0) is 0 Å². The molecule has 18 heavy (non-hydrogen) atoms. The number of nitrogen functional groups attached to an aromatic ring is 1. The van der Waals surface area contributed by atoms with Crippen LogP contribution in [0.4, 0.5) is 11.5 Å². The van der Waals surface area contributed by atoms with E-state index in [0.29, 0.717) is 5.75 Å². The van der Waals surface area contributed by atoms with Gasteiger partial charge in [0, 0.05) is 4.47 Å². The first-order chi connectivity index (χ1) is 8.58. The number of aromatic nitrogens is 2. The minimum absolute atomic E-state index is 0.185. The maximum absolute atomic E-state index is 10.8. The van der Waals surface area contributed by atoms with E-state index in [1.54, 1.807) is 24.3 Å². The van der Waals surface area contributed by atoms with Crippen LogP contribution in [-0.4, -0.2) is 14.9 Å². The van der Waals surface area contributed by atoms with Gasteiger partial charge in [-0.05, 0) is 24.3 Å². The zero-order valence-corrected chi connectivity index (χ0v) is 10.5. The number of nitro groups is 1. The van der Waals surface area contributed by atoms with Gasteiger partial charge in [-0.15, -0.1) is 0 Å². The number of halogens is 1. The molecule has 2 N–H and O–H groups in total. The molecule has 0 spiro atoms. The summed E-state index contributed by atoms with van der Waals surface area (Å²) in [7, 11) is 0. The predicted molar refractivity (Wildman–Crippen MR) is 67.3 cm³/mol. The molecule has 0 amide bonds. The Morgan fingerprint density at radius 2 is 1.94 bits per heavy atom. The van der Waals surface area contributed by atoms with Gasteiger partial charge in [-0.3, -0.25) is 10.1 Å². The molecule has 0 saturated heterocycles. The van der Waals surface area contributed by atoms with Crippen molar-refractivity contribution in [3.8, 4) is 11.6 Å². The van der Waals surface area contributed by atoms with Crippen molar-refractivity contribution < 1.29 is 9.66 Å². The van der Waals surface area contributed by atoms with Crippen LogP contribution in [0.3, 0.4) is 0 Å². The molecule has 8 heteroatoms. The van der Waals surface area contributed by atoms with E-state index in [1.807, 2.05) is 0 Å². The average Bonchev–Trinajstić information content (AvgIpc) is 2.32. The Kier molecular flexibility index (Phi) is 3.38. The van der Waals surface area contributed by atoms with Gasteiger partial charge < -0.3 is 10.5 Å². The highest BCUT2D eigenvalue weighted by Crippen LogP contribution is 2.32. The quantitative estimate of drug-likeness (QED) is 0.690. The van der Waals surface area contributed by atoms with Gasteiger partial charge in [0.2, 0.25) is 5.82 Å². The molecule has 0 aliphatic carbocycles. The third kappa shape index (κ3) is 2.54. The summed E-state index contributed by atoms with van der Waals surface area (Å²) in [6, 6.07) is 6.77. The van der Waals surface area contributed by atoms with Crippen molar-refractivity contribution in [2.24, 2.45) is 0 Å². The first kappa shape index (κ1) is 12.2. The molecule has 0 unspecified atom stereocenters. The third-order valence-electron chi connectivity index (χ3n) is 2.03. The van der Waals surface area contributed by atoms with Crippen LogP contribution < -0.4 is 10.5 Å². The van der Waals surface area contributed by atoms with Crippen molar-refractivity contribution in [1.82, 2.24) is 9.97 Å². The maximum atomic E-state index is 10.8. The van der Waals surface area contributed by atoms with Crippen molar-refractivity contribution in [2.45, 2.75) is 0 Å². The van der Waals surface area contributed by atoms with Gasteiger partial charge in [0.25, 0.3) is 0 Å². The predicted octanol–water partition coefficient (Wildman–Crippen LogP) is 2.52. The molecular weight excluding hydrogens is 304 g/mol. The number of anilines is 1. The zero-order valence-electron chi connectivity index (χ0n) is 8.91. The maximum Gasteiger partial charge on any atom is 0.372 e. The normalized spacial score (nSPS) is 10.1. The van der Waals surface area contributed by atoms with Crippen LogP contribution in [0.5, 0.6) is 11.6 Å². The van der Waals surface area contributed by atoms with Crippen LogP contribution in [0, 0.1) is 10.1 Å². The van der Waals surface area contributed by atoms with Crippen molar-refractivity contribution in [3.63, 3.8) is 0 Å². The van der Waals surface area contributed by atoms with Crippen molar-refractivity contribution in [2.75, 3.05) is 5.73 Å². The van der Waals surface area contributed by atoms with Crippen molar-refractivity contribution in [1.29, 1.82) is 0 Å². The molecule has 1 aromatic heterocycles. The van der Waals surface area contributed by atoms with Crippen LogP contribution in [0.25, 0.3) is 0 Å². The minimum atomic E-state index is -0.677. The molecular formula is C10H7BrN4O3. The summed E-state index contributed by atoms with van der Waals surface area (Å²) >= 11 is 3.27. The number of nitrogens with two attached hydrogens (primary N) is 1. The molecule has 92 valence electrons. The van der Waals surface area contributed by atoms with Crippen LogP contribution >= 0.6 is 15.9 Å². The Labute approximate surface area is 110 Å². The second-order valence-electron chi connectivity index (χ2n) is 3.23. The molecule has 0 radical (unpaired) electrons. The van der Waals surface area contributed by atoms with E-state index in [4.69, 9.17) is 10.5 Å². The Hall–Kier alpha value is -2.22. The van der Waals surface area contributed by atoms with E-state index < -0.39 is 10.6 Å². The van der Waals surface area contributed by atoms with Crippen molar-refractivity contribution >= 4 is 27.4 Å². The lowest BCUT2D eigenvalue weighted by molar-refractivity contribution is -0.385. The number of benzene rings is 1. The second-order valence-corrected chi connectivity index (χ2v) is 4.14. The molecule has 0 bridgehead atoms. The fourth-order valence-corrected chi connectivity index (χ4v) is 1.50. The molecule has 2 aromatic rings. The van der Waals surface area contributed by atoms with Gasteiger partial charge in [0.15, 0.2) is 0 Å². The molecule has 0 fully saturated rings. The summed E-state index contributed by atoms with van der Waals surface area (Å²) in [6.45, 7) is 0. The monoisotopic (exact) mass is 310 g/mol. The van der Waals surface area contributed by atoms with Gasteiger partial charge >= 0.3 is 11.6 Å². The lowest BCUT2D eigenvalue weighted by Gasteiger charge is -2.05. The molecule has 0 saturated carbocycles. The van der Waals surface area contributed by atoms with E-state index >= 15 is 0 Å². The molecule has 0 aliphatic heterocycles. The number of ether oxygens (including phenoxy) is 1. The molecule has 0 atom stereocenters. The lowest BCUT2D eigenvalue weighted by atomic mass is 10.3. The summed E-state index contributed by atoms with van der Waals surface area (Å²) in [6.07, 6.45) is 1.11. The van der Waals surface area contributed by atoms with Crippen LogP contribution in [0.2, 0.25) is 0 Å². The fourth-order valence-electron chi connectivity index (χ4n) is 1.24. The minimum Gasteiger partial charge on any atom is -0.434 e. The van der Waals surface area contributed by atoms with E-state index in [9.17, 15) is 10.1 Å². The van der Waals surface area contributed by atoms with E-state index in [-0.39, 0.29) is 11.7 Å². The zero-order chi connectivity index (χ0) is 13.1. The Balaban J connectivity index is 2.37. The van der Waals surface area contributed by atoms with Crippen LogP contribution in [0.15, 0.2) is 35.1 Å². The highest BCUT2D eigenvalue weighted by molar-refractivity contribution is 9.10. The Morgan fingerprint density at radius 3 is 2.56 bits per heavy atom. The first-order valence-corrected chi connectivity index (χ1v) is 5.55. The smallest absolute Gasteiger partial charge is 0.372 e. The largest absolute Gasteiger partial charge is 0.434 e. The molecule has 1 aromatic carbocycles. The lowest BCUT2D eigenvalue weighted by Crippen LogP contribution is -2.02. The van der Waals surface area contributed by atoms with E-state index in [2.05, 4.69) is 25.9 Å². The number of hydrogen-bond donors (Lipinski definition) is 1. The Morgan fingerprint density at radius 1 is 1.28 bits per heavy atom. The van der Waals surface area contributed by atoms with Gasteiger partial charge in [-0.25, -0.2) is 4.98 Å². The summed E-state index contributed by atoms with van der Waals surface area (Å²) in [5.74, 6) is -0.00339. The highest BCUT2D eigenvalue weighted by Gasteiger charge is 2.22. The molecule has 2 rings (SSSR count). The van der Waals surface area contributed by atoms with Crippen LogP contribution in [0.1, 0.15) is 0 Å². The van der Waals surface area contributed by atoms with Gasteiger partial charge in [0.1, 0.15) is 12.1 Å². The van der Waals surface area contributed by atoms with E-state index in [1.165, 1.54) is 0 Å². The van der Waals surface area contributed by atoms with Crippen molar-refractivity contribution in [3.05, 3.63) is 45.2 Å².